The fraction of sp³-hybridized carbons (Fsp3) is 0.300. The van der Waals surface area contributed by atoms with E-state index >= 15 is 0 Å². The second-order valence-corrected chi connectivity index (χ2v) is 3.20. The second-order valence-electron chi connectivity index (χ2n) is 3.20. The van der Waals surface area contributed by atoms with E-state index in [0.717, 1.165) is 0 Å². The first kappa shape index (κ1) is 13.5. The van der Waals surface area contributed by atoms with E-state index in [1.165, 1.54) is 7.11 Å². The van der Waals surface area contributed by atoms with Crippen LogP contribution in [0.4, 0.5) is 18.9 Å². The van der Waals surface area contributed by atoms with Crippen LogP contribution in [0.2, 0.25) is 0 Å². The first-order chi connectivity index (χ1) is 7.99. The topological polar surface area (TPSA) is 64.3 Å². The Hall–Kier alpha value is -1.60. The molecule has 0 saturated heterocycles. The van der Waals surface area contributed by atoms with Gasteiger partial charge in [-0.1, -0.05) is 0 Å². The molecule has 94 valence electrons. The van der Waals surface area contributed by atoms with E-state index in [1.54, 1.807) is 0 Å². The lowest BCUT2D eigenvalue weighted by atomic mass is 10.2. The third-order valence-corrected chi connectivity index (χ3v) is 2.04. The van der Waals surface area contributed by atoms with E-state index in [1.807, 2.05) is 0 Å². The van der Waals surface area contributed by atoms with Crippen LogP contribution in [0.5, 0.6) is 0 Å². The Labute approximate surface area is 95.6 Å². The SMILES string of the molecule is COC(CN)C(=O)Nc1cc(F)c(F)c(F)c1. The summed E-state index contributed by atoms with van der Waals surface area (Å²) in [7, 11) is 1.27. The zero-order valence-corrected chi connectivity index (χ0v) is 8.97. The zero-order chi connectivity index (χ0) is 13.0. The molecule has 0 fully saturated rings. The van der Waals surface area contributed by atoms with Crippen molar-refractivity contribution in [1.82, 2.24) is 0 Å². The van der Waals surface area contributed by atoms with Crippen LogP contribution in [0.3, 0.4) is 0 Å². The van der Waals surface area contributed by atoms with Gasteiger partial charge in [0.25, 0.3) is 5.91 Å². The van der Waals surface area contributed by atoms with E-state index in [0.29, 0.717) is 12.1 Å². The van der Waals surface area contributed by atoms with Gasteiger partial charge in [-0.05, 0) is 0 Å². The maximum Gasteiger partial charge on any atom is 0.254 e. The number of rotatable bonds is 4. The van der Waals surface area contributed by atoms with Crippen LogP contribution < -0.4 is 11.1 Å². The van der Waals surface area contributed by atoms with Gasteiger partial charge in [-0.25, -0.2) is 13.2 Å². The third kappa shape index (κ3) is 3.18. The molecule has 17 heavy (non-hydrogen) atoms. The molecule has 0 aromatic heterocycles. The minimum absolute atomic E-state index is 0.0888. The van der Waals surface area contributed by atoms with Crippen molar-refractivity contribution in [2.75, 3.05) is 19.0 Å². The molecule has 1 rings (SSSR count). The monoisotopic (exact) mass is 248 g/mol. The fourth-order valence-electron chi connectivity index (χ4n) is 1.16. The molecule has 1 aromatic rings. The van der Waals surface area contributed by atoms with Crippen molar-refractivity contribution in [3.8, 4) is 0 Å². The standard InChI is InChI=1S/C10H11F3N2O2/c1-17-8(4-14)10(16)15-5-2-6(11)9(13)7(12)3-5/h2-3,8H,4,14H2,1H3,(H,15,16). The molecule has 1 aromatic carbocycles. The van der Waals surface area contributed by atoms with Crippen LogP contribution in [-0.4, -0.2) is 25.7 Å². The molecule has 0 saturated carbocycles. The van der Waals surface area contributed by atoms with E-state index in [4.69, 9.17) is 10.5 Å². The molecule has 0 bridgehead atoms. The average Bonchev–Trinajstić information content (AvgIpc) is 2.27. The Morgan fingerprint density at radius 3 is 2.35 bits per heavy atom. The lowest BCUT2D eigenvalue weighted by Crippen LogP contribution is -2.35. The van der Waals surface area contributed by atoms with Crippen LogP contribution in [0, 0.1) is 17.5 Å². The largest absolute Gasteiger partial charge is 0.370 e. The van der Waals surface area contributed by atoms with E-state index < -0.39 is 29.5 Å². The molecule has 4 nitrogen and oxygen atoms in total. The smallest absolute Gasteiger partial charge is 0.254 e. The van der Waals surface area contributed by atoms with Gasteiger partial charge < -0.3 is 15.8 Å². The first-order valence-electron chi connectivity index (χ1n) is 4.67. The van der Waals surface area contributed by atoms with Gasteiger partial charge in [0.2, 0.25) is 0 Å². The number of benzene rings is 1. The van der Waals surface area contributed by atoms with Crippen LogP contribution in [0.25, 0.3) is 0 Å². The summed E-state index contributed by atoms with van der Waals surface area (Å²) in [6, 6.07) is 1.33. The van der Waals surface area contributed by atoms with Gasteiger partial charge in [0.15, 0.2) is 17.5 Å². The van der Waals surface area contributed by atoms with Gasteiger partial charge in [-0.3, -0.25) is 4.79 Å². The minimum Gasteiger partial charge on any atom is -0.370 e. The zero-order valence-electron chi connectivity index (χ0n) is 8.97. The maximum atomic E-state index is 12.8. The summed E-state index contributed by atoms with van der Waals surface area (Å²) in [4.78, 5) is 11.4. The molecule has 0 aliphatic rings. The quantitative estimate of drug-likeness (QED) is 0.782. The van der Waals surface area contributed by atoms with Crippen molar-refractivity contribution in [2.24, 2.45) is 5.73 Å². The van der Waals surface area contributed by atoms with E-state index in [9.17, 15) is 18.0 Å². The van der Waals surface area contributed by atoms with Crippen LogP contribution in [0.1, 0.15) is 0 Å². The van der Waals surface area contributed by atoms with Crippen molar-refractivity contribution < 1.29 is 22.7 Å². The number of nitrogens with two attached hydrogens (primary N) is 1. The van der Waals surface area contributed by atoms with Crippen molar-refractivity contribution in [3.63, 3.8) is 0 Å². The summed E-state index contributed by atoms with van der Waals surface area (Å²) in [6.07, 6.45) is -0.939. The number of anilines is 1. The highest BCUT2D eigenvalue weighted by atomic mass is 19.2. The van der Waals surface area contributed by atoms with E-state index in [2.05, 4.69) is 5.32 Å². The van der Waals surface area contributed by atoms with Gasteiger partial charge in [0.05, 0.1) is 0 Å². The normalized spacial score (nSPS) is 12.3. The van der Waals surface area contributed by atoms with E-state index in [-0.39, 0.29) is 12.2 Å². The Kier molecular flexibility index (Phi) is 4.47. The number of halogens is 3. The summed E-state index contributed by atoms with van der Waals surface area (Å²) in [5.41, 5.74) is 5.02. The number of amides is 1. The van der Waals surface area contributed by atoms with Crippen molar-refractivity contribution in [1.29, 1.82) is 0 Å². The molecule has 1 atom stereocenters. The number of carbonyl (C=O) groups excluding carboxylic acids is 1. The highest BCUT2D eigenvalue weighted by Gasteiger charge is 2.17. The number of hydrogen-bond acceptors (Lipinski definition) is 3. The van der Waals surface area contributed by atoms with Gasteiger partial charge in [0.1, 0.15) is 6.10 Å². The molecule has 3 N–H and O–H groups in total. The Bertz CT molecular complexity index is 399. The first-order valence-corrected chi connectivity index (χ1v) is 4.67. The average molecular weight is 248 g/mol. The number of ether oxygens (including phenoxy) is 1. The molecular weight excluding hydrogens is 237 g/mol. The molecule has 7 heteroatoms. The Morgan fingerprint density at radius 2 is 1.94 bits per heavy atom. The van der Waals surface area contributed by atoms with Gasteiger partial charge >= 0.3 is 0 Å². The molecule has 0 aliphatic heterocycles. The van der Waals surface area contributed by atoms with Gasteiger partial charge in [-0.15, -0.1) is 0 Å². The van der Waals surface area contributed by atoms with Crippen LogP contribution in [-0.2, 0) is 9.53 Å². The number of hydrogen-bond donors (Lipinski definition) is 2. The van der Waals surface area contributed by atoms with Crippen LogP contribution in [0.15, 0.2) is 12.1 Å². The molecule has 0 heterocycles. The Balaban J connectivity index is 2.85. The van der Waals surface area contributed by atoms with Crippen LogP contribution >= 0.6 is 0 Å². The fourth-order valence-corrected chi connectivity index (χ4v) is 1.16. The molecule has 1 amide bonds. The minimum atomic E-state index is -1.59. The Morgan fingerprint density at radius 1 is 1.41 bits per heavy atom. The molecule has 1 unspecified atom stereocenters. The second kappa shape index (κ2) is 5.65. The maximum absolute atomic E-state index is 12.8. The molecule has 0 spiro atoms. The van der Waals surface area contributed by atoms with Crippen molar-refractivity contribution in [3.05, 3.63) is 29.6 Å². The number of carbonyl (C=O) groups is 1. The van der Waals surface area contributed by atoms with Gasteiger partial charge in [0, 0.05) is 31.5 Å². The predicted molar refractivity (Wildman–Crippen MR) is 54.8 cm³/mol. The summed E-state index contributed by atoms with van der Waals surface area (Å²) in [5, 5.41) is 2.16. The molecular formula is C10H11F3N2O2. The lowest BCUT2D eigenvalue weighted by molar-refractivity contribution is -0.125. The molecule has 0 radical (unpaired) electrons. The summed E-state index contributed by atoms with van der Waals surface area (Å²) in [6.45, 7) is -0.0888. The summed E-state index contributed by atoms with van der Waals surface area (Å²) in [5.74, 6) is -5.03. The van der Waals surface area contributed by atoms with Crippen molar-refractivity contribution >= 4 is 11.6 Å². The summed E-state index contributed by atoms with van der Waals surface area (Å²) >= 11 is 0. The summed E-state index contributed by atoms with van der Waals surface area (Å²) < 4.78 is 43.0. The third-order valence-electron chi connectivity index (χ3n) is 2.04. The predicted octanol–water partition coefficient (Wildman–Crippen LogP) is 1.02. The highest BCUT2D eigenvalue weighted by molar-refractivity contribution is 5.94. The lowest BCUT2D eigenvalue weighted by Gasteiger charge is -2.13. The highest BCUT2D eigenvalue weighted by Crippen LogP contribution is 2.17. The van der Waals surface area contributed by atoms with Gasteiger partial charge in [-0.2, -0.15) is 0 Å². The van der Waals surface area contributed by atoms with Crippen molar-refractivity contribution in [2.45, 2.75) is 6.10 Å². The number of nitrogens with one attached hydrogen (secondary N) is 1. The molecule has 0 aliphatic carbocycles. The number of methoxy groups -OCH3 is 1.